The van der Waals surface area contributed by atoms with Gasteiger partial charge in [0.25, 0.3) is 11.5 Å². The minimum absolute atomic E-state index is 0.107. The van der Waals surface area contributed by atoms with Crippen LogP contribution < -0.4 is 10.9 Å². The van der Waals surface area contributed by atoms with Crippen LogP contribution in [0.2, 0.25) is 0 Å². The van der Waals surface area contributed by atoms with Crippen LogP contribution in [0.4, 0.5) is 0 Å². The average Bonchev–Trinajstić information content (AvgIpc) is 3.20. The van der Waals surface area contributed by atoms with Crippen LogP contribution in [0.15, 0.2) is 71.9 Å². The second-order valence-corrected chi connectivity index (χ2v) is 8.00. The number of nitrogens with one attached hydrogen (secondary N) is 2. The van der Waals surface area contributed by atoms with E-state index < -0.39 is 5.91 Å². The number of pyridine rings is 2. The molecule has 0 unspecified atom stereocenters. The summed E-state index contributed by atoms with van der Waals surface area (Å²) in [6.45, 7) is 4.27. The van der Waals surface area contributed by atoms with E-state index in [4.69, 9.17) is 0 Å². The number of aromatic amines is 1. The fourth-order valence-electron chi connectivity index (χ4n) is 3.56. The maximum absolute atomic E-state index is 12.6. The van der Waals surface area contributed by atoms with Crippen LogP contribution in [0.5, 0.6) is 0 Å². The van der Waals surface area contributed by atoms with E-state index in [0.29, 0.717) is 6.54 Å². The number of aromatic nitrogens is 4. The molecule has 1 amide bonds. The van der Waals surface area contributed by atoms with Crippen molar-refractivity contribution in [3.63, 3.8) is 0 Å². The number of carbonyl (C=O) groups excluding carboxylic acids is 1. The van der Waals surface area contributed by atoms with E-state index in [0.717, 1.165) is 33.6 Å². The molecule has 0 aliphatic rings. The van der Waals surface area contributed by atoms with Gasteiger partial charge in [0, 0.05) is 49.0 Å². The fourth-order valence-corrected chi connectivity index (χ4v) is 3.56. The maximum Gasteiger partial charge on any atom is 0.261 e. The Labute approximate surface area is 186 Å². The Morgan fingerprint density at radius 2 is 1.88 bits per heavy atom. The van der Waals surface area contributed by atoms with Crippen molar-refractivity contribution in [2.45, 2.75) is 26.3 Å². The third kappa shape index (κ3) is 4.51. The van der Waals surface area contributed by atoms with Crippen molar-refractivity contribution in [1.29, 1.82) is 0 Å². The second-order valence-electron chi connectivity index (χ2n) is 8.00. The Kier molecular flexibility index (Phi) is 5.98. The van der Waals surface area contributed by atoms with Crippen LogP contribution in [0.3, 0.4) is 0 Å². The van der Waals surface area contributed by atoms with Crippen molar-refractivity contribution in [2.24, 2.45) is 7.05 Å². The summed E-state index contributed by atoms with van der Waals surface area (Å²) in [4.78, 5) is 31.7. The zero-order valence-electron chi connectivity index (χ0n) is 18.3. The highest BCUT2D eigenvalue weighted by molar-refractivity contribution is 5.93. The van der Waals surface area contributed by atoms with Crippen molar-refractivity contribution in [3.05, 3.63) is 94.3 Å². The van der Waals surface area contributed by atoms with Gasteiger partial charge in [0.1, 0.15) is 11.3 Å². The SMILES string of the molecule is CC(C)c1ccc(C(=O)NCc2cccc(-c3nn(C)cc3-c3ccncc3)c2)c(=O)[nH]1. The number of aryl methyl sites for hydroxylation is 1. The van der Waals surface area contributed by atoms with E-state index in [2.05, 4.69) is 20.4 Å². The lowest BCUT2D eigenvalue weighted by molar-refractivity contribution is 0.0949. The lowest BCUT2D eigenvalue weighted by atomic mass is 10.0. The van der Waals surface area contributed by atoms with E-state index in [-0.39, 0.29) is 17.0 Å². The summed E-state index contributed by atoms with van der Waals surface area (Å²) in [5, 5.41) is 7.48. The Morgan fingerprint density at radius 1 is 1.09 bits per heavy atom. The molecule has 162 valence electrons. The number of nitrogens with zero attached hydrogens (tertiary/aromatic N) is 3. The first-order valence-corrected chi connectivity index (χ1v) is 10.5. The molecule has 7 heteroatoms. The van der Waals surface area contributed by atoms with Gasteiger partial charge in [0.15, 0.2) is 0 Å². The summed E-state index contributed by atoms with van der Waals surface area (Å²) in [5.41, 5.74) is 5.29. The number of rotatable bonds is 6. The smallest absolute Gasteiger partial charge is 0.261 e. The zero-order valence-corrected chi connectivity index (χ0v) is 18.3. The maximum atomic E-state index is 12.6. The highest BCUT2D eigenvalue weighted by Crippen LogP contribution is 2.30. The Morgan fingerprint density at radius 3 is 2.59 bits per heavy atom. The summed E-state index contributed by atoms with van der Waals surface area (Å²) in [7, 11) is 1.89. The highest BCUT2D eigenvalue weighted by Gasteiger charge is 2.14. The standard InChI is InChI=1S/C25H25N5O2/c1-16(2)22-8-7-20(25(32)28-22)24(31)27-14-17-5-4-6-19(13-17)23-21(15-30(3)29-23)18-9-11-26-12-10-18/h4-13,15-16H,14H2,1-3H3,(H,27,31)(H,28,32). The van der Waals surface area contributed by atoms with Crippen LogP contribution in [-0.2, 0) is 13.6 Å². The molecule has 0 spiro atoms. The number of H-pyrrole nitrogens is 1. The van der Waals surface area contributed by atoms with Gasteiger partial charge in [-0.05, 0) is 47.4 Å². The molecule has 1 aromatic carbocycles. The van der Waals surface area contributed by atoms with E-state index in [9.17, 15) is 9.59 Å². The fraction of sp³-hybridized carbons (Fsp3) is 0.200. The summed E-state index contributed by atoms with van der Waals surface area (Å²) >= 11 is 0. The summed E-state index contributed by atoms with van der Waals surface area (Å²) in [6.07, 6.45) is 5.49. The molecule has 32 heavy (non-hydrogen) atoms. The molecule has 7 nitrogen and oxygen atoms in total. The van der Waals surface area contributed by atoms with E-state index >= 15 is 0 Å². The molecular formula is C25H25N5O2. The van der Waals surface area contributed by atoms with Gasteiger partial charge in [-0.3, -0.25) is 19.3 Å². The van der Waals surface area contributed by atoms with Crippen molar-refractivity contribution in [1.82, 2.24) is 25.1 Å². The van der Waals surface area contributed by atoms with Crippen molar-refractivity contribution in [2.75, 3.05) is 0 Å². The Hall–Kier alpha value is -4.00. The van der Waals surface area contributed by atoms with Crippen LogP contribution in [0.25, 0.3) is 22.4 Å². The van der Waals surface area contributed by atoms with Gasteiger partial charge >= 0.3 is 0 Å². The number of hydrogen-bond donors (Lipinski definition) is 2. The molecule has 0 aliphatic heterocycles. The first-order chi connectivity index (χ1) is 15.4. The van der Waals surface area contributed by atoms with Crippen molar-refractivity contribution in [3.8, 4) is 22.4 Å². The molecule has 0 aliphatic carbocycles. The number of amides is 1. The molecule has 0 bridgehead atoms. The van der Waals surface area contributed by atoms with Crippen LogP contribution in [0, 0.1) is 0 Å². The predicted octanol–water partition coefficient (Wildman–Crippen LogP) is 3.89. The summed E-state index contributed by atoms with van der Waals surface area (Å²) in [6, 6.07) is 15.1. The molecule has 0 saturated carbocycles. The van der Waals surface area contributed by atoms with Crippen LogP contribution in [0.1, 0.15) is 41.4 Å². The molecule has 3 heterocycles. The minimum atomic E-state index is -0.401. The van der Waals surface area contributed by atoms with Gasteiger partial charge in [-0.2, -0.15) is 5.10 Å². The lowest BCUT2D eigenvalue weighted by Crippen LogP contribution is -2.29. The second kappa shape index (κ2) is 9.01. The van der Waals surface area contributed by atoms with E-state index in [1.165, 1.54) is 0 Å². The highest BCUT2D eigenvalue weighted by atomic mass is 16.2. The third-order valence-electron chi connectivity index (χ3n) is 5.27. The van der Waals surface area contributed by atoms with Crippen molar-refractivity contribution < 1.29 is 4.79 Å². The number of benzene rings is 1. The van der Waals surface area contributed by atoms with Gasteiger partial charge in [-0.25, -0.2) is 0 Å². The number of carbonyl (C=O) groups is 1. The van der Waals surface area contributed by atoms with Crippen LogP contribution >= 0.6 is 0 Å². The van der Waals surface area contributed by atoms with Gasteiger partial charge in [-0.15, -0.1) is 0 Å². The Balaban J connectivity index is 1.54. The van der Waals surface area contributed by atoms with Crippen molar-refractivity contribution >= 4 is 5.91 Å². The summed E-state index contributed by atoms with van der Waals surface area (Å²) < 4.78 is 1.78. The van der Waals surface area contributed by atoms with E-state index in [1.54, 1.807) is 29.2 Å². The molecule has 0 atom stereocenters. The minimum Gasteiger partial charge on any atom is -0.348 e. The largest absolute Gasteiger partial charge is 0.348 e. The van der Waals surface area contributed by atoms with Gasteiger partial charge in [0.05, 0.1) is 0 Å². The normalized spacial score (nSPS) is 11.0. The number of hydrogen-bond acceptors (Lipinski definition) is 4. The Bertz CT molecular complexity index is 1310. The molecule has 4 rings (SSSR count). The first kappa shape index (κ1) is 21.2. The molecule has 0 radical (unpaired) electrons. The predicted molar refractivity (Wildman–Crippen MR) is 124 cm³/mol. The molecule has 4 aromatic rings. The van der Waals surface area contributed by atoms with Gasteiger partial charge in [-0.1, -0.05) is 32.0 Å². The monoisotopic (exact) mass is 427 g/mol. The molecule has 2 N–H and O–H groups in total. The molecule has 0 saturated heterocycles. The molecule has 3 aromatic heterocycles. The zero-order chi connectivity index (χ0) is 22.7. The third-order valence-corrected chi connectivity index (χ3v) is 5.27. The van der Waals surface area contributed by atoms with E-state index in [1.807, 2.05) is 63.5 Å². The van der Waals surface area contributed by atoms with Crippen LogP contribution in [-0.4, -0.2) is 25.7 Å². The average molecular weight is 428 g/mol. The lowest BCUT2D eigenvalue weighted by Gasteiger charge is -2.09. The quantitative estimate of drug-likeness (QED) is 0.488. The van der Waals surface area contributed by atoms with Gasteiger partial charge < -0.3 is 10.3 Å². The first-order valence-electron chi connectivity index (χ1n) is 10.5. The summed E-state index contributed by atoms with van der Waals surface area (Å²) in [5.74, 6) is -0.214. The molecule has 0 fully saturated rings. The van der Waals surface area contributed by atoms with Gasteiger partial charge in [0.2, 0.25) is 0 Å². The molecular weight excluding hydrogens is 402 g/mol. The topological polar surface area (TPSA) is 92.7 Å².